The van der Waals surface area contributed by atoms with E-state index in [1.165, 1.54) is 66.5 Å². The summed E-state index contributed by atoms with van der Waals surface area (Å²) in [4.78, 5) is 0. The Kier molecular flexibility index (Phi) is 4.26. The summed E-state index contributed by atoms with van der Waals surface area (Å²) in [6.07, 6.45) is 4.23. The minimum absolute atomic E-state index is 0.383. The van der Waals surface area contributed by atoms with E-state index in [2.05, 4.69) is 122 Å². The van der Waals surface area contributed by atoms with Crippen LogP contribution in [0.2, 0.25) is 0 Å². The molecular formula is C35H27N. The van der Waals surface area contributed by atoms with Gasteiger partial charge in [-0.05, 0) is 82.7 Å². The average molecular weight is 462 g/mol. The van der Waals surface area contributed by atoms with Gasteiger partial charge in [-0.15, -0.1) is 0 Å². The van der Waals surface area contributed by atoms with Crippen molar-refractivity contribution < 1.29 is 0 Å². The first-order chi connectivity index (χ1) is 17.6. The lowest BCUT2D eigenvalue weighted by Gasteiger charge is -2.31. The van der Waals surface area contributed by atoms with E-state index in [1.807, 2.05) is 6.08 Å². The molecule has 4 aromatic carbocycles. The zero-order chi connectivity index (χ0) is 24.6. The van der Waals surface area contributed by atoms with Crippen molar-refractivity contribution in [1.82, 2.24) is 4.57 Å². The zero-order valence-electron chi connectivity index (χ0n) is 20.7. The van der Waals surface area contributed by atoms with Crippen LogP contribution in [0.25, 0.3) is 38.6 Å². The van der Waals surface area contributed by atoms with Crippen LogP contribution in [-0.4, -0.2) is 4.57 Å². The van der Waals surface area contributed by atoms with Crippen molar-refractivity contribution in [2.24, 2.45) is 0 Å². The highest BCUT2D eigenvalue weighted by Gasteiger charge is 2.51. The molecule has 1 aromatic heterocycles. The second kappa shape index (κ2) is 7.32. The largest absolute Gasteiger partial charge is 0.309 e. The normalized spacial score (nSPS) is 19.6. The molecule has 0 fully saturated rings. The van der Waals surface area contributed by atoms with Gasteiger partial charge in [0.15, 0.2) is 0 Å². The molecule has 2 aliphatic carbocycles. The van der Waals surface area contributed by atoms with Crippen LogP contribution in [-0.2, 0) is 5.41 Å². The van der Waals surface area contributed by atoms with Crippen molar-refractivity contribution in [3.63, 3.8) is 0 Å². The fourth-order valence-corrected chi connectivity index (χ4v) is 6.92. The van der Waals surface area contributed by atoms with Crippen LogP contribution in [0, 0.1) is 0 Å². The summed E-state index contributed by atoms with van der Waals surface area (Å²) in [5.74, 6) is 0. The Balaban J connectivity index is 1.60. The maximum absolute atomic E-state index is 4.72. The number of benzene rings is 4. The maximum Gasteiger partial charge on any atom is 0.0680 e. The standard InChI is InChI=1S/C35H27N/c1-5-25-22(3)35(31-16-10-7-13-27(25)31)23(4)26(6-2)28-20-19-24(21-32(28)35)36-33-17-11-8-14-29(33)30-15-9-12-18-34(30)36/h5-21H,1,4H2,2-3H3. The minimum atomic E-state index is -0.383. The molecule has 1 heteroatoms. The van der Waals surface area contributed by atoms with E-state index in [1.54, 1.807) is 0 Å². The van der Waals surface area contributed by atoms with E-state index in [0.29, 0.717) is 0 Å². The maximum atomic E-state index is 4.72. The third-order valence-electron chi connectivity index (χ3n) is 8.39. The zero-order valence-corrected chi connectivity index (χ0v) is 20.7. The van der Waals surface area contributed by atoms with Crippen LogP contribution >= 0.6 is 0 Å². The highest BCUT2D eigenvalue weighted by atomic mass is 15.0. The van der Waals surface area contributed by atoms with Gasteiger partial charge in [-0.3, -0.25) is 0 Å². The van der Waals surface area contributed by atoms with E-state index in [-0.39, 0.29) is 5.41 Å². The van der Waals surface area contributed by atoms with E-state index in [0.717, 1.165) is 5.57 Å². The molecule has 0 saturated carbocycles. The molecule has 7 rings (SSSR count). The van der Waals surface area contributed by atoms with Gasteiger partial charge in [0.2, 0.25) is 0 Å². The lowest BCUT2D eigenvalue weighted by molar-refractivity contribution is 0.769. The second-order valence-electron chi connectivity index (χ2n) is 9.82. The Bertz CT molecular complexity index is 1780. The first-order valence-electron chi connectivity index (χ1n) is 12.6. The Morgan fingerprint density at radius 1 is 0.750 bits per heavy atom. The van der Waals surface area contributed by atoms with Gasteiger partial charge in [0.1, 0.15) is 0 Å². The molecule has 1 nitrogen and oxygen atoms in total. The Morgan fingerprint density at radius 2 is 1.39 bits per heavy atom. The summed E-state index contributed by atoms with van der Waals surface area (Å²) < 4.78 is 2.41. The molecule has 0 bridgehead atoms. The van der Waals surface area contributed by atoms with Gasteiger partial charge in [0.25, 0.3) is 0 Å². The fraction of sp³-hybridized carbons (Fsp3) is 0.0857. The summed E-state index contributed by atoms with van der Waals surface area (Å²) in [6.45, 7) is 13.3. The Labute approximate surface area is 212 Å². The first-order valence-corrected chi connectivity index (χ1v) is 12.6. The van der Waals surface area contributed by atoms with Crippen molar-refractivity contribution >= 4 is 33.0 Å². The molecule has 0 saturated heterocycles. The lowest BCUT2D eigenvalue weighted by atomic mass is 9.70. The molecule has 0 N–H and O–H groups in total. The first kappa shape index (κ1) is 21.0. The third kappa shape index (κ3) is 2.35. The average Bonchev–Trinajstić information content (AvgIpc) is 3.48. The Hall–Kier alpha value is -4.36. The van der Waals surface area contributed by atoms with Crippen LogP contribution in [0.3, 0.4) is 0 Å². The topological polar surface area (TPSA) is 4.93 Å². The predicted octanol–water partition coefficient (Wildman–Crippen LogP) is 9.02. The van der Waals surface area contributed by atoms with E-state index < -0.39 is 0 Å². The lowest BCUT2D eigenvalue weighted by Crippen LogP contribution is -2.26. The number of allylic oxidation sites excluding steroid dienone is 6. The molecule has 36 heavy (non-hydrogen) atoms. The van der Waals surface area contributed by atoms with E-state index >= 15 is 0 Å². The molecule has 2 aliphatic rings. The number of fused-ring (bicyclic) bond motifs is 7. The van der Waals surface area contributed by atoms with Crippen molar-refractivity contribution in [3.05, 3.63) is 150 Å². The predicted molar refractivity (Wildman–Crippen MR) is 154 cm³/mol. The number of hydrogen-bond donors (Lipinski definition) is 0. The number of para-hydroxylation sites is 2. The number of nitrogens with zero attached hydrogens (tertiary/aromatic N) is 1. The molecule has 0 aliphatic heterocycles. The van der Waals surface area contributed by atoms with Gasteiger partial charge in [-0.2, -0.15) is 0 Å². The molecule has 5 aromatic rings. The molecule has 0 radical (unpaired) electrons. The van der Waals surface area contributed by atoms with Crippen LogP contribution in [0.4, 0.5) is 0 Å². The van der Waals surface area contributed by atoms with Gasteiger partial charge in [-0.25, -0.2) is 0 Å². The summed E-state index contributed by atoms with van der Waals surface area (Å²) in [7, 11) is 0. The summed E-state index contributed by atoms with van der Waals surface area (Å²) in [5.41, 5.74) is 13.3. The summed E-state index contributed by atoms with van der Waals surface area (Å²) in [5, 5.41) is 2.55. The van der Waals surface area contributed by atoms with Crippen LogP contribution in [0.1, 0.15) is 36.1 Å². The molecule has 1 heterocycles. The number of aromatic nitrogens is 1. The van der Waals surface area contributed by atoms with Crippen LogP contribution in [0.5, 0.6) is 0 Å². The highest BCUT2D eigenvalue weighted by Crippen LogP contribution is 2.62. The SMILES string of the molecule is C=CC1=C(C)C2(C(=C)C(=CC)c3ccc(-n4c5ccccc5c5ccccc54)cc32)c2ccccc21. The molecule has 172 valence electrons. The van der Waals surface area contributed by atoms with Crippen molar-refractivity contribution in [2.75, 3.05) is 0 Å². The molecule has 1 unspecified atom stereocenters. The quantitative estimate of drug-likeness (QED) is 0.247. The molecule has 0 amide bonds. The fourth-order valence-electron chi connectivity index (χ4n) is 6.92. The van der Waals surface area contributed by atoms with Crippen molar-refractivity contribution in [3.8, 4) is 5.69 Å². The highest BCUT2D eigenvalue weighted by molar-refractivity contribution is 6.09. The van der Waals surface area contributed by atoms with Gasteiger partial charge in [-0.1, -0.05) is 92.0 Å². The van der Waals surface area contributed by atoms with E-state index in [9.17, 15) is 0 Å². The molecule has 1 atom stereocenters. The second-order valence-corrected chi connectivity index (χ2v) is 9.82. The van der Waals surface area contributed by atoms with Crippen LogP contribution in [0.15, 0.2) is 127 Å². The van der Waals surface area contributed by atoms with E-state index in [4.69, 9.17) is 6.58 Å². The van der Waals surface area contributed by atoms with Crippen molar-refractivity contribution in [2.45, 2.75) is 19.3 Å². The van der Waals surface area contributed by atoms with Crippen molar-refractivity contribution in [1.29, 1.82) is 0 Å². The van der Waals surface area contributed by atoms with Gasteiger partial charge < -0.3 is 4.57 Å². The minimum Gasteiger partial charge on any atom is -0.309 e. The molecule has 1 spiro atoms. The van der Waals surface area contributed by atoms with Gasteiger partial charge in [0.05, 0.1) is 16.4 Å². The third-order valence-corrected chi connectivity index (χ3v) is 8.39. The Morgan fingerprint density at radius 3 is 2.06 bits per heavy atom. The molecular weight excluding hydrogens is 434 g/mol. The van der Waals surface area contributed by atoms with Gasteiger partial charge in [0, 0.05) is 16.5 Å². The number of rotatable bonds is 2. The number of hydrogen-bond acceptors (Lipinski definition) is 0. The van der Waals surface area contributed by atoms with Crippen LogP contribution < -0.4 is 0 Å². The summed E-state index contributed by atoms with van der Waals surface area (Å²) >= 11 is 0. The smallest absolute Gasteiger partial charge is 0.0680 e. The summed E-state index contributed by atoms with van der Waals surface area (Å²) in [6, 6.07) is 33.1. The monoisotopic (exact) mass is 461 g/mol. The van der Waals surface area contributed by atoms with Gasteiger partial charge >= 0.3 is 0 Å².